The highest BCUT2D eigenvalue weighted by molar-refractivity contribution is 5.01. The van der Waals surface area contributed by atoms with Crippen molar-refractivity contribution in [3.05, 3.63) is 18.0 Å². The summed E-state index contributed by atoms with van der Waals surface area (Å²) in [6, 6.07) is 3.52. The fourth-order valence-electron chi connectivity index (χ4n) is 3.71. The van der Waals surface area contributed by atoms with Crippen molar-refractivity contribution >= 4 is 0 Å². The highest BCUT2D eigenvalue weighted by Gasteiger charge is 2.24. The number of aromatic nitrogens is 2. The van der Waals surface area contributed by atoms with Gasteiger partial charge in [-0.15, -0.1) is 0 Å². The topological polar surface area (TPSA) is 33.1 Å². The van der Waals surface area contributed by atoms with Crippen LogP contribution in [0, 0.1) is 5.92 Å². The molecular weight excluding hydrogens is 260 g/mol. The molecular formula is C17H30N4. The lowest BCUT2D eigenvalue weighted by atomic mass is 9.97. The van der Waals surface area contributed by atoms with Crippen LogP contribution in [0.3, 0.4) is 0 Å². The Hall–Kier alpha value is -0.870. The molecule has 0 amide bonds. The number of hydrogen-bond acceptors (Lipinski definition) is 3. The van der Waals surface area contributed by atoms with Gasteiger partial charge in [0, 0.05) is 38.4 Å². The van der Waals surface area contributed by atoms with Gasteiger partial charge in [-0.25, -0.2) is 0 Å². The Kier molecular flexibility index (Phi) is 4.96. The van der Waals surface area contributed by atoms with E-state index in [1.807, 2.05) is 0 Å². The standard InChI is InChI=1S/C17H30N4/c1-3-14(2)17-13-20(11-9-18-17)12-15-8-10-21(19-15)16-6-4-5-7-16/h8,10,14,16-18H,3-7,9,11-13H2,1-2H3. The van der Waals surface area contributed by atoms with Gasteiger partial charge in [-0.2, -0.15) is 5.10 Å². The lowest BCUT2D eigenvalue weighted by Gasteiger charge is -2.36. The third kappa shape index (κ3) is 3.67. The monoisotopic (exact) mass is 290 g/mol. The molecule has 1 N–H and O–H groups in total. The molecule has 0 bridgehead atoms. The van der Waals surface area contributed by atoms with E-state index in [1.165, 1.54) is 37.8 Å². The van der Waals surface area contributed by atoms with Crippen LogP contribution in [-0.2, 0) is 6.54 Å². The summed E-state index contributed by atoms with van der Waals surface area (Å²) in [6.45, 7) is 9.06. The molecule has 1 saturated carbocycles. The molecule has 2 heterocycles. The molecule has 3 rings (SSSR count). The van der Waals surface area contributed by atoms with Gasteiger partial charge in [0.1, 0.15) is 0 Å². The van der Waals surface area contributed by atoms with Gasteiger partial charge in [0.25, 0.3) is 0 Å². The Morgan fingerprint density at radius 2 is 2.19 bits per heavy atom. The van der Waals surface area contributed by atoms with Gasteiger partial charge in [-0.1, -0.05) is 33.1 Å². The Morgan fingerprint density at radius 1 is 1.38 bits per heavy atom. The zero-order chi connectivity index (χ0) is 14.7. The summed E-state index contributed by atoms with van der Waals surface area (Å²) in [5.74, 6) is 0.754. The Morgan fingerprint density at radius 3 is 2.95 bits per heavy atom. The van der Waals surface area contributed by atoms with Crippen molar-refractivity contribution in [2.45, 2.75) is 64.6 Å². The minimum Gasteiger partial charge on any atom is -0.311 e. The van der Waals surface area contributed by atoms with Crippen molar-refractivity contribution in [1.82, 2.24) is 20.0 Å². The molecule has 1 aromatic heterocycles. The summed E-state index contributed by atoms with van der Waals surface area (Å²) in [5, 5.41) is 8.50. The Bertz CT molecular complexity index is 436. The van der Waals surface area contributed by atoms with Crippen LogP contribution in [-0.4, -0.2) is 40.4 Å². The maximum absolute atomic E-state index is 4.83. The molecule has 118 valence electrons. The average Bonchev–Trinajstić information content (AvgIpc) is 3.17. The lowest BCUT2D eigenvalue weighted by molar-refractivity contribution is 0.160. The van der Waals surface area contributed by atoms with Gasteiger partial charge in [0.15, 0.2) is 0 Å². The van der Waals surface area contributed by atoms with E-state index in [-0.39, 0.29) is 0 Å². The van der Waals surface area contributed by atoms with E-state index in [2.05, 4.69) is 41.0 Å². The van der Waals surface area contributed by atoms with Gasteiger partial charge >= 0.3 is 0 Å². The number of nitrogens with zero attached hydrogens (tertiary/aromatic N) is 3. The first-order chi connectivity index (χ1) is 10.3. The van der Waals surface area contributed by atoms with E-state index in [0.717, 1.165) is 32.1 Å². The average molecular weight is 290 g/mol. The molecule has 1 saturated heterocycles. The van der Waals surface area contributed by atoms with Crippen molar-refractivity contribution in [2.24, 2.45) is 5.92 Å². The van der Waals surface area contributed by atoms with Gasteiger partial charge < -0.3 is 5.32 Å². The normalized spacial score (nSPS) is 26.3. The van der Waals surface area contributed by atoms with Crippen molar-refractivity contribution in [2.75, 3.05) is 19.6 Å². The molecule has 1 aromatic rings. The quantitative estimate of drug-likeness (QED) is 0.905. The van der Waals surface area contributed by atoms with E-state index in [9.17, 15) is 0 Å². The SMILES string of the molecule is CCC(C)C1CN(Cc2ccn(C3CCCC3)n2)CCN1. The second-order valence-electron chi connectivity index (χ2n) is 6.91. The molecule has 21 heavy (non-hydrogen) atoms. The zero-order valence-corrected chi connectivity index (χ0v) is 13.6. The summed E-state index contributed by atoms with van der Waals surface area (Å²) in [4.78, 5) is 2.56. The van der Waals surface area contributed by atoms with E-state index in [4.69, 9.17) is 5.10 Å². The number of nitrogens with one attached hydrogen (secondary N) is 1. The van der Waals surface area contributed by atoms with Crippen molar-refractivity contribution in [1.29, 1.82) is 0 Å². The maximum Gasteiger partial charge on any atom is 0.0764 e. The summed E-state index contributed by atoms with van der Waals surface area (Å²) in [5.41, 5.74) is 1.24. The summed E-state index contributed by atoms with van der Waals surface area (Å²) < 4.78 is 2.22. The van der Waals surface area contributed by atoms with Crippen LogP contribution >= 0.6 is 0 Å². The lowest BCUT2D eigenvalue weighted by Crippen LogP contribution is -2.52. The smallest absolute Gasteiger partial charge is 0.0764 e. The predicted octanol–water partition coefficient (Wildman–Crippen LogP) is 2.82. The molecule has 4 nitrogen and oxygen atoms in total. The fraction of sp³-hybridized carbons (Fsp3) is 0.824. The molecule has 2 unspecified atom stereocenters. The summed E-state index contributed by atoms with van der Waals surface area (Å²) >= 11 is 0. The van der Waals surface area contributed by atoms with Crippen LogP contribution in [0.4, 0.5) is 0 Å². The van der Waals surface area contributed by atoms with Crippen molar-refractivity contribution in [3.63, 3.8) is 0 Å². The Balaban J connectivity index is 1.56. The van der Waals surface area contributed by atoms with Gasteiger partial charge in [-0.3, -0.25) is 9.58 Å². The van der Waals surface area contributed by atoms with E-state index in [0.29, 0.717) is 12.1 Å². The first kappa shape index (κ1) is 15.0. The highest BCUT2D eigenvalue weighted by atomic mass is 15.3. The molecule has 0 spiro atoms. The molecule has 0 aromatic carbocycles. The Labute approximate surface area is 128 Å². The van der Waals surface area contributed by atoms with Crippen molar-refractivity contribution in [3.8, 4) is 0 Å². The molecule has 0 radical (unpaired) electrons. The molecule has 1 aliphatic heterocycles. The second kappa shape index (κ2) is 6.93. The van der Waals surface area contributed by atoms with Gasteiger partial charge in [-0.05, 0) is 24.8 Å². The first-order valence-electron chi connectivity index (χ1n) is 8.76. The van der Waals surface area contributed by atoms with Crippen LogP contribution in [0.1, 0.15) is 57.7 Å². The van der Waals surface area contributed by atoms with Gasteiger partial charge in [0.05, 0.1) is 11.7 Å². The summed E-state index contributed by atoms with van der Waals surface area (Å²) in [7, 11) is 0. The number of piperazine rings is 1. The van der Waals surface area contributed by atoms with Crippen LogP contribution in [0.25, 0.3) is 0 Å². The van der Waals surface area contributed by atoms with Crippen LogP contribution in [0.15, 0.2) is 12.3 Å². The van der Waals surface area contributed by atoms with E-state index < -0.39 is 0 Å². The number of hydrogen-bond donors (Lipinski definition) is 1. The van der Waals surface area contributed by atoms with E-state index >= 15 is 0 Å². The molecule has 2 aliphatic rings. The molecule has 2 fully saturated rings. The van der Waals surface area contributed by atoms with Crippen LogP contribution < -0.4 is 5.32 Å². The van der Waals surface area contributed by atoms with Gasteiger partial charge in [0.2, 0.25) is 0 Å². The molecule has 1 aliphatic carbocycles. The van der Waals surface area contributed by atoms with Crippen molar-refractivity contribution < 1.29 is 0 Å². The highest BCUT2D eigenvalue weighted by Crippen LogP contribution is 2.28. The van der Waals surface area contributed by atoms with Crippen LogP contribution in [0.2, 0.25) is 0 Å². The third-order valence-electron chi connectivity index (χ3n) is 5.37. The largest absolute Gasteiger partial charge is 0.311 e. The van der Waals surface area contributed by atoms with Crippen LogP contribution in [0.5, 0.6) is 0 Å². The predicted molar refractivity (Wildman–Crippen MR) is 86.3 cm³/mol. The second-order valence-corrected chi connectivity index (χ2v) is 6.91. The maximum atomic E-state index is 4.83. The van der Waals surface area contributed by atoms with E-state index in [1.54, 1.807) is 0 Å². The molecule has 2 atom stereocenters. The number of rotatable bonds is 5. The zero-order valence-electron chi connectivity index (χ0n) is 13.6. The third-order valence-corrected chi connectivity index (χ3v) is 5.37. The summed E-state index contributed by atoms with van der Waals surface area (Å²) in [6.07, 6.45) is 8.81. The first-order valence-corrected chi connectivity index (χ1v) is 8.76. The fourth-order valence-corrected chi connectivity index (χ4v) is 3.71. The molecule has 4 heteroatoms. The minimum absolute atomic E-state index is 0.640. The minimum atomic E-state index is 0.640.